The van der Waals surface area contributed by atoms with E-state index in [4.69, 9.17) is 4.74 Å². The van der Waals surface area contributed by atoms with Crippen molar-refractivity contribution in [3.63, 3.8) is 0 Å². The summed E-state index contributed by atoms with van der Waals surface area (Å²) >= 11 is 3.39. The lowest BCUT2D eigenvalue weighted by molar-refractivity contribution is 0.0722. The number of amides is 1. The predicted molar refractivity (Wildman–Crippen MR) is 70.0 cm³/mol. The molecule has 2 atom stereocenters. The van der Waals surface area contributed by atoms with Crippen LogP contribution in [0.5, 0.6) is 0 Å². The standard InChI is InChI=1S/C13H16BrNO2/c1-17-12-8-4-7-11(12)15-13(16)9-5-2-3-6-10(9)14/h2-3,5-6,11-12H,4,7-8H2,1H3,(H,15,16). The predicted octanol–water partition coefficient (Wildman–Crippen LogP) is 2.75. The van der Waals surface area contributed by atoms with Crippen LogP contribution in [0, 0.1) is 0 Å². The molecule has 0 saturated heterocycles. The number of carbonyl (C=O) groups excluding carboxylic acids is 1. The molecule has 1 aromatic rings. The first kappa shape index (κ1) is 12.6. The molecule has 0 radical (unpaired) electrons. The first-order chi connectivity index (χ1) is 8.22. The van der Waals surface area contributed by atoms with E-state index >= 15 is 0 Å². The largest absolute Gasteiger partial charge is 0.379 e. The van der Waals surface area contributed by atoms with Crippen LogP contribution in [-0.2, 0) is 4.74 Å². The average molecular weight is 298 g/mol. The molecule has 4 heteroatoms. The van der Waals surface area contributed by atoms with Crippen molar-refractivity contribution in [2.75, 3.05) is 7.11 Å². The van der Waals surface area contributed by atoms with Crippen molar-refractivity contribution in [2.24, 2.45) is 0 Å². The van der Waals surface area contributed by atoms with Crippen molar-refractivity contribution in [2.45, 2.75) is 31.4 Å². The third-order valence-electron chi connectivity index (χ3n) is 3.19. The Morgan fingerprint density at radius 3 is 2.88 bits per heavy atom. The van der Waals surface area contributed by atoms with Gasteiger partial charge in [0.2, 0.25) is 0 Å². The zero-order valence-electron chi connectivity index (χ0n) is 9.78. The van der Waals surface area contributed by atoms with Crippen molar-refractivity contribution in [1.29, 1.82) is 0 Å². The number of ether oxygens (including phenoxy) is 1. The lowest BCUT2D eigenvalue weighted by Crippen LogP contribution is -2.40. The highest BCUT2D eigenvalue weighted by Gasteiger charge is 2.28. The van der Waals surface area contributed by atoms with Gasteiger partial charge in [0.05, 0.1) is 17.7 Å². The van der Waals surface area contributed by atoms with Crippen LogP contribution in [-0.4, -0.2) is 25.2 Å². The van der Waals surface area contributed by atoms with E-state index in [0.29, 0.717) is 5.56 Å². The molecule has 1 aromatic carbocycles. The van der Waals surface area contributed by atoms with Crippen LogP contribution in [0.25, 0.3) is 0 Å². The van der Waals surface area contributed by atoms with E-state index in [0.717, 1.165) is 23.7 Å². The lowest BCUT2D eigenvalue weighted by atomic mass is 10.1. The average Bonchev–Trinajstić information content (AvgIpc) is 2.76. The molecule has 2 unspecified atom stereocenters. The Morgan fingerprint density at radius 1 is 1.41 bits per heavy atom. The normalized spacial score (nSPS) is 23.6. The monoisotopic (exact) mass is 297 g/mol. The summed E-state index contributed by atoms with van der Waals surface area (Å²) in [6.07, 6.45) is 3.28. The lowest BCUT2D eigenvalue weighted by Gasteiger charge is -2.19. The Kier molecular flexibility index (Phi) is 4.18. The van der Waals surface area contributed by atoms with Crippen molar-refractivity contribution < 1.29 is 9.53 Å². The van der Waals surface area contributed by atoms with Gasteiger partial charge in [0.1, 0.15) is 0 Å². The van der Waals surface area contributed by atoms with E-state index in [9.17, 15) is 4.79 Å². The number of hydrogen-bond donors (Lipinski definition) is 1. The molecule has 92 valence electrons. The molecule has 1 fully saturated rings. The minimum Gasteiger partial charge on any atom is -0.379 e. The Morgan fingerprint density at radius 2 is 2.18 bits per heavy atom. The Hall–Kier alpha value is -0.870. The summed E-state index contributed by atoms with van der Waals surface area (Å²) in [6.45, 7) is 0. The van der Waals surface area contributed by atoms with E-state index < -0.39 is 0 Å². The Labute approximate surface area is 110 Å². The van der Waals surface area contributed by atoms with Gasteiger partial charge < -0.3 is 10.1 Å². The zero-order valence-corrected chi connectivity index (χ0v) is 11.4. The number of carbonyl (C=O) groups is 1. The second-order valence-corrected chi connectivity index (χ2v) is 5.12. The fourth-order valence-electron chi connectivity index (χ4n) is 2.26. The number of halogens is 1. The third-order valence-corrected chi connectivity index (χ3v) is 3.88. The summed E-state index contributed by atoms with van der Waals surface area (Å²) in [5, 5.41) is 3.04. The van der Waals surface area contributed by atoms with Gasteiger partial charge in [-0.25, -0.2) is 0 Å². The molecular weight excluding hydrogens is 282 g/mol. The highest BCUT2D eigenvalue weighted by atomic mass is 79.9. The molecule has 1 aliphatic rings. The van der Waals surface area contributed by atoms with Gasteiger partial charge in [0, 0.05) is 11.6 Å². The second-order valence-electron chi connectivity index (χ2n) is 4.26. The van der Waals surface area contributed by atoms with E-state index in [2.05, 4.69) is 21.2 Å². The van der Waals surface area contributed by atoms with Crippen LogP contribution in [0.15, 0.2) is 28.7 Å². The van der Waals surface area contributed by atoms with Gasteiger partial charge in [0.15, 0.2) is 0 Å². The zero-order chi connectivity index (χ0) is 12.3. The molecule has 0 heterocycles. The van der Waals surface area contributed by atoms with Crippen LogP contribution in [0.1, 0.15) is 29.6 Å². The topological polar surface area (TPSA) is 38.3 Å². The maximum absolute atomic E-state index is 12.1. The molecule has 3 nitrogen and oxygen atoms in total. The number of nitrogens with one attached hydrogen (secondary N) is 1. The fraction of sp³-hybridized carbons (Fsp3) is 0.462. The molecule has 0 bridgehead atoms. The molecule has 0 aliphatic heterocycles. The van der Waals surface area contributed by atoms with Gasteiger partial charge in [-0.1, -0.05) is 12.1 Å². The van der Waals surface area contributed by atoms with Gasteiger partial charge in [-0.3, -0.25) is 4.79 Å². The van der Waals surface area contributed by atoms with Gasteiger partial charge in [0.25, 0.3) is 5.91 Å². The molecule has 1 N–H and O–H groups in total. The van der Waals surface area contributed by atoms with Crippen LogP contribution in [0.2, 0.25) is 0 Å². The minimum absolute atomic E-state index is 0.0357. The molecule has 2 rings (SSSR count). The van der Waals surface area contributed by atoms with E-state index in [1.807, 2.05) is 24.3 Å². The SMILES string of the molecule is COC1CCCC1NC(=O)c1ccccc1Br. The van der Waals surface area contributed by atoms with E-state index in [1.54, 1.807) is 7.11 Å². The molecule has 1 amide bonds. The number of benzene rings is 1. The smallest absolute Gasteiger partial charge is 0.252 e. The molecule has 1 saturated carbocycles. The quantitative estimate of drug-likeness (QED) is 0.932. The summed E-state index contributed by atoms with van der Waals surface area (Å²) in [6, 6.07) is 7.59. The molecule has 1 aliphatic carbocycles. The summed E-state index contributed by atoms with van der Waals surface area (Å²) < 4.78 is 6.19. The molecular formula is C13H16BrNO2. The van der Waals surface area contributed by atoms with Crippen LogP contribution < -0.4 is 5.32 Å². The highest BCUT2D eigenvalue weighted by molar-refractivity contribution is 9.10. The van der Waals surface area contributed by atoms with Gasteiger partial charge in [-0.05, 0) is 47.3 Å². The van der Waals surface area contributed by atoms with Crippen molar-refractivity contribution >= 4 is 21.8 Å². The highest BCUT2D eigenvalue weighted by Crippen LogP contribution is 2.23. The fourth-order valence-corrected chi connectivity index (χ4v) is 2.73. The summed E-state index contributed by atoms with van der Waals surface area (Å²) in [4.78, 5) is 12.1. The Balaban J connectivity index is 2.04. The first-order valence-corrected chi connectivity index (χ1v) is 6.60. The van der Waals surface area contributed by atoms with Crippen molar-refractivity contribution in [3.05, 3.63) is 34.3 Å². The third kappa shape index (κ3) is 2.87. The minimum atomic E-state index is -0.0357. The number of rotatable bonds is 3. The van der Waals surface area contributed by atoms with Crippen LogP contribution in [0.3, 0.4) is 0 Å². The Bertz CT molecular complexity index is 408. The van der Waals surface area contributed by atoms with E-state index in [1.165, 1.54) is 0 Å². The van der Waals surface area contributed by atoms with Crippen LogP contribution >= 0.6 is 15.9 Å². The summed E-state index contributed by atoms with van der Waals surface area (Å²) in [5.74, 6) is -0.0357. The maximum atomic E-state index is 12.1. The van der Waals surface area contributed by atoms with Crippen LogP contribution in [0.4, 0.5) is 0 Å². The number of hydrogen-bond acceptors (Lipinski definition) is 2. The van der Waals surface area contributed by atoms with Gasteiger partial charge in [-0.15, -0.1) is 0 Å². The van der Waals surface area contributed by atoms with Crippen molar-refractivity contribution in [1.82, 2.24) is 5.32 Å². The molecule has 17 heavy (non-hydrogen) atoms. The molecule has 0 spiro atoms. The van der Waals surface area contributed by atoms with Gasteiger partial charge >= 0.3 is 0 Å². The second kappa shape index (κ2) is 5.65. The van der Waals surface area contributed by atoms with E-state index in [-0.39, 0.29) is 18.1 Å². The maximum Gasteiger partial charge on any atom is 0.252 e. The van der Waals surface area contributed by atoms with Crippen molar-refractivity contribution in [3.8, 4) is 0 Å². The first-order valence-electron chi connectivity index (χ1n) is 5.80. The van der Waals surface area contributed by atoms with Gasteiger partial charge in [-0.2, -0.15) is 0 Å². The summed E-state index contributed by atoms with van der Waals surface area (Å²) in [7, 11) is 1.70. The number of methoxy groups -OCH3 is 1. The summed E-state index contributed by atoms with van der Waals surface area (Å²) in [5.41, 5.74) is 0.675. The molecule has 0 aromatic heterocycles.